The van der Waals surface area contributed by atoms with Crippen LogP contribution < -0.4 is 9.64 Å². The van der Waals surface area contributed by atoms with Crippen LogP contribution in [0.15, 0.2) is 78.9 Å². The van der Waals surface area contributed by atoms with Gasteiger partial charge in [0.2, 0.25) is 0 Å². The van der Waals surface area contributed by atoms with E-state index in [1.807, 2.05) is 19.1 Å². The molecule has 1 heterocycles. The molecule has 29 heavy (non-hydrogen) atoms. The van der Waals surface area contributed by atoms with E-state index >= 15 is 0 Å². The van der Waals surface area contributed by atoms with Crippen molar-refractivity contribution in [3.8, 4) is 5.75 Å². The standard InChI is InChI=1S/C24H21NO4/c1-17-14-19(12-13-22(17)29-16-21-15-28-21)24(27)25(20-10-6-3-7-11-20)23(26)18-8-4-2-5-9-18/h2-14,21H,15-16H2,1H3. The lowest BCUT2D eigenvalue weighted by atomic mass is 10.1. The minimum atomic E-state index is -0.384. The monoisotopic (exact) mass is 387 g/mol. The number of aryl methyl sites for hydroxylation is 1. The molecule has 0 aliphatic carbocycles. The van der Waals surface area contributed by atoms with Crippen LogP contribution in [0, 0.1) is 6.92 Å². The van der Waals surface area contributed by atoms with Gasteiger partial charge < -0.3 is 9.47 Å². The lowest BCUT2D eigenvalue weighted by Crippen LogP contribution is -2.37. The van der Waals surface area contributed by atoms with Gasteiger partial charge in [-0.25, -0.2) is 4.90 Å². The van der Waals surface area contributed by atoms with Gasteiger partial charge in [0, 0.05) is 11.1 Å². The summed E-state index contributed by atoms with van der Waals surface area (Å²) < 4.78 is 10.9. The molecule has 0 bridgehead atoms. The van der Waals surface area contributed by atoms with Crippen molar-refractivity contribution in [1.29, 1.82) is 0 Å². The Kier molecular flexibility index (Phi) is 5.40. The number of nitrogens with zero attached hydrogens (tertiary/aromatic N) is 1. The number of para-hydroxylation sites is 1. The molecular formula is C24H21NO4. The van der Waals surface area contributed by atoms with E-state index in [-0.39, 0.29) is 17.9 Å². The van der Waals surface area contributed by atoms with Crippen molar-refractivity contribution in [1.82, 2.24) is 0 Å². The molecule has 1 aliphatic rings. The smallest absolute Gasteiger partial charge is 0.265 e. The van der Waals surface area contributed by atoms with Crippen molar-refractivity contribution in [3.05, 3.63) is 95.6 Å². The van der Waals surface area contributed by atoms with Crippen molar-refractivity contribution < 1.29 is 19.1 Å². The van der Waals surface area contributed by atoms with Crippen molar-refractivity contribution in [2.24, 2.45) is 0 Å². The molecule has 1 atom stereocenters. The van der Waals surface area contributed by atoms with Gasteiger partial charge in [-0.15, -0.1) is 0 Å². The first-order valence-electron chi connectivity index (χ1n) is 9.47. The predicted molar refractivity (Wildman–Crippen MR) is 110 cm³/mol. The SMILES string of the molecule is Cc1cc(C(=O)N(C(=O)c2ccccc2)c2ccccc2)ccc1OCC1CO1. The summed E-state index contributed by atoms with van der Waals surface area (Å²) in [5.41, 5.74) is 2.23. The molecule has 3 aromatic carbocycles. The van der Waals surface area contributed by atoms with Crippen molar-refractivity contribution in [3.63, 3.8) is 0 Å². The third kappa shape index (κ3) is 4.36. The van der Waals surface area contributed by atoms with Crippen LogP contribution in [-0.4, -0.2) is 31.1 Å². The largest absolute Gasteiger partial charge is 0.491 e. The number of imide groups is 1. The molecule has 2 amide bonds. The van der Waals surface area contributed by atoms with E-state index < -0.39 is 0 Å². The van der Waals surface area contributed by atoms with Gasteiger partial charge in [0.25, 0.3) is 11.8 Å². The van der Waals surface area contributed by atoms with Crippen LogP contribution in [-0.2, 0) is 4.74 Å². The van der Waals surface area contributed by atoms with Gasteiger partial charge in [-0.1, -0.05) is 36.4 Å². The molecule has 0 N–H and O–H groups in total. The first-order valence-corrected chi connectivity index (χ1v) is 9.47. The summed E-state index contributed by atoms with van der Waals surface area (Å²) in [7, 11) is 0. The molecule has 0 radical (unpaired) electrons. The Labute approximate surface area is 169 Å². The zero-order chi connectivity index (χ0) is 20.2. The molecular weight excluding hydrogens is 366 g/mol. The Morgan fingerprint density at radius 3 is 2.17 bits per heavy atom. The van der Waals surface area contributed by atoms with Crippen LogP contribution in [0.2, 0.25) is 0 Å². The highest BCUT2D eigenvalue weighted by Gasteiger charge is 2.27. The van der Waals surface area contributed by atoms with E-state index in [1.54, 1.807) is 66.7 Å². The van der Waals surface area contributed by atoms with Crippen molar-refractivity contribution >= 4 is 17.5 Å². The van der Waals surface area contributed by atoms with Gasteiger partial charge in [0.15, 0.2) is 0 Å². The summed E-state index contributed by atoms with van der Waals surface area (Å²) in [5, 5.41) is 0. The predicted octanol–water partition coefficient (Wildman–Crippen LogP) is 4.26. The highest BCUT2D eigenvalue weighted by molar-refractivity contribution is 6.25. The van der Waals surface area contributed by atoms with Gasteiger partial charge in [0.1, 0.15) is 18.5 Å². The first-order chi connectivity index (χ1) is 14.1. The van der Waals surface area contributed by atoms with E-state index in [2.05, 4.69) is 0 Å². The maximum absolute atomic E-state index is 13.3. The molecule has 1 fully saturated rings. The number of carbonyl (C=O) groups is 2. The molecule has 146 valence electrons. The Balaban J connectivity index is 1.64. The lowest BCUT2D eigenvalue weighted by Gasteiger charge is -2.22. The second-order valence-electron chi connectivity index (χ2n) is 6.89. The van der Waals surface area contributed by atoms with Crippen LogP contribution in [0.25, 0.3) is 0 Å². The van der Waals surface area contributed by atoms with Gasteiger partial charge in [0.05, 0.1) is 12.3 Å². The summed E-state index contributed by atoms with van der Waals surface area (Å²) in [6.45, 7) is 3.10. The van der Waals surface area contributed by atoms with Crippen LogP contribution >= 0.6 is 0 Å². The third-order valence-corrected chi connectivity index (χ3v) is 4.69. The molecule has 0 aromatic heterocycles. The maximum atomic E-state index is 13.3. The highest BCUT2D eigenvalue weighted by Crippen LogP contribution is 2.25. The van der Waals surface area contributed by atoms with E-state index in [4.69, 9.17) is 9.47 Å². The average molecular weight is 387 g/mol. The molecule has 1 unspecified atom stereocenters. The minimum Gasteiger partial charge on any atom is -0.491 e. The molecule has 3 aromatic rings. The lowest BCUT2D eigenvalue weighted by molar-refractivity contribution is 0.0897. The zero-order valence-corrected chi connectivity index (χ0v) is 16.1. The number of epoxide rings is 1. The number of benzene rings is 3. The molecule has 0 saturated carbocycles. The van der Waals surface area contributed by atoms with Crippen LogP contribution in [0.5, 0.6) is 5.75 Å². The second kappa shape index (κ2) is 8.29. The summed E-state index contributed by atoms with van der Waals surface area (Å²) in [4.78, 5) is 27.7. The number of hydrogen-bond acceptors (Lipinski definition) is 4. The fourth-order valence-corrected chi connectivity index (χ4v) is 3.03. The molecule has 4 rings (SSSR count). The van der Waals surface area contributed by atoms with E-state index in [0.29, 0.717) is 29.2 Å². The van der Waals surface area contributed by atoms with Gasteiger partial charge >= 0.3 is 0 Å². The molecule has 5 nitrogen and oxygen atoms in total. The van der Waals surface area contributed by atoms with E-state index in [0.717, 1.165) is 12.2 Å². The average Bonchev–Trinajstić information content (AvgIpc) is 3.59. The van der Waals surface area contributed by atoms with Crippen LogP contribution in [0.1, 0.15) is 26.3 Å². The quantitative estimate of drug-likeness (QED) is 0.468. The summed E-state index contributed by atoms with van der Waals surface area (Å²) in [6.07, 6.45) is 0.160. The molecule has 1 saturated heterocycles. The number of amides is 2. The van der Waals surface area contributed by atoms with E-state index in [9.17, 15) is 9.59 Å². The van der Waals surface area contributed by atoms with Crippen molar-refractivity contribution in [2.75, 3.05) is 18.1 Å². The number of anilines is 1. The number of ether oxygens (including phenoxy) is 2. The molecule has 5 heteroatoms. The summed E-state index contributed by atoms with van der Waals surface area (Å²) in [5.74, 6) is -0.0476. The fraction of sp³-hybridized carbons (Fsp3) is 0.167. The topological polar surface area (TPSA) is 59.1 Å². The fourth-order valence-electron chi connectivity index (χ4n) is 3.03. The third-order valence-electron chi connectivity index (χ3n) is 4.69. The van der Waals surface area contributed by atoms with E-state index in [1.165, 1.54) is 4.90 Å². The van der Waals surface area contributed by atoms with Gasteiger partial charge in [-0.05, 0) is 55.0 Å². The van der Waals surface area contributed by atoms with Crippen LogP contribution in [0.3, 0.4) is 0 Å². The number of carbonyl (C=O) groups excluding carboxylic acids is 2. The number of hydrogen-bond donors (Lipinski definition) is 0. The van der Waals surface area contributed by atoms with Gasteiger partial charge in [-0.2, -0.15) is 0 Å². The first kappa shape index (κ1) is 18.9. The van der Waals surface area contributed by atoms with Crippen molar-refractivity contribution in [2.45, 2.75) is 13.0 Å². The Bertz CT molecular complexity index is 1010. The van der Waals surface area contributed by atoms with Crippen LogP contribution in [0.4, 0.5) is 5.69 Å². The summed E-state index contributed by atoms with van der Waals surface area (Å²) in [6, 6.07) is 22.9. The Morgan fingerprint density at radius 1 is 0.931 bits per heavy atom. The summed E-state index contributed by atoms with van der Waals surface area (Å²) >= 11 is 0. The second-order valence-corrected chi connectivity index (χ2v) is 6.89. The maximum Gasteiger partial charge on any atom is 0.265 e. The normalized spacial score (nSPS) is 14.9. The number of rotatable bonds is 6. The molecule has 0 spiro atoms. The zero-order valence-electron chi connectivity index (χ0n) is 16.1. The highest BCUT2D eigenvalue weighted by atomic mass is 16.6. The Morgan fingerprint density at radius 2 is 1.55 bits per heavy atom. The minimum absolute atomic E-state index is 0.160. The Hall–Kier alpha value is -3.44. The molecule has 1 aliphatic heterocycles. The van der Waals surface area contributed by atoms with Gasteiger partial charge in [-0.3, -0.25) is 9.59 Å².